The smallest absolute Gasteiger partial charge is 0.264 e. The first-order valence-electron chi connectivity index (χ1n) is 19.7. The molecule has 0 radical (unpaired) electrons. The molecule has 3 aliphatic heterocycles. The zero-order valence-corrected chi connectivity index (χ0v) is 33.1. The Hall–Kier alpha value is -4.48. The summed E-state index contributed by atoms with van der Waals surface area (Å²) >= 11 is 2.01. The zero-order chi connectivity index (χ0) is 36.4. The first-order chi connectivity index (χ1) is 25.3. The van der Waals surface area contributed by atoms with Crippen molar-refractivity contribution in [3.05, 3.63) is 108 Å². The van der Waals surface area contributed by atoms with Gasteiger partial charge in [0.1, 0.15) is 11.2 Å². The van der Waals surface area contributed by atoms with Crippen molar-refractivity contribution in [3.63, 3.8) is 0 Å². The molecule has 2 aromatic heterocycles. The van der Waals surface area contributed by atoms with E-state index in [1.807, 2.05) is 11.3 Å². The quantitative estimate of drug-likeness (QED) is 0.158. The Morgan fingerprint density at radius 3 is 2.21 bits per heavy atom. The van der Waals surface area contributed by atoms with Crippen molar-refractivity contribution in [2.24, 2.45) is 0 Å². The van der Waals surface area contributed by atoms with E-state index in [2.05, 4.69) is 156 Å². The van der Waals surface area contributed by atoms with E-state index >= 15 is 0 Å². The Balaban J connectivity index is 1.30. The second kappa shape index (κ2) is 10.2. The lowest BCUT2D eigenvalue weighted by Crippen LogP contribution is -2.64. The molecule has 0 amide bonds. The summed E-state index contributed by atoms with van der Waals surface area (Å²) in [6.45, 7) is 19.5. The molecule has 5 heterocycles. The third-order valence-corrected chi connectivity index (χ3v) is 15.1. The SMILES string of the molecule is CC(C)(C)c1cc2c3c(c1)C1(C)CCCCC1(C)N3c1cccc3c1B2c1sc2ccc(C(C)(C)C)cc2c1N3c1cccc2oc3ccccc3c12. The number of para-hydroxylation sites is 1. The number of hydrogen-bond donors (Lipinski definition) is 0. The fourth-order valence-corrected chi connectivity index (χ4v) is 12.2. The summed E-state index contributed by atoms with van der Waals surface area (Å²) in [6, 6.07) is 34.9. The number of benzene rings is 5. The maximum absolute atomic E-state index is 6.55. The first-order valence-corrected chi connectivity index (χ1v) is 20.5. The van der Waals surface area contributed by atoms with Gasteiger partial charge in [-0.15, -0.1) is 11.3 Å². The van der Waals surface area contributed by atoms with E-state index in [0.717, 1.165) is 16.6 Å². The average molecular weight is 711 g/mol. The summed E-state index contributed by atoms with van der Waals surface area (Å²) in [7, 11) is 0. The molecule has 0 bridgehead atoms. The van der Waals surface area contributed by atoms with E-state index in [0.29, 0.717) is 0 Å². The summed E-state index contributed by atoms with van der Waals surface area (Å²) in [5.41, 5.74) is 16.0. The van der Waals surface area contributed by atoms with Crippen LogP contribution in [0.2, 0.25) is 0 Å². The largest absolute Gasteiger partial charge is 0.456 e. The molecule has 3 nitrogen and oxygen atoms in total. The van der Waals surface area contributed by atoms with Gasteiger partial charge < -0.3 is 14.2 Å². The minimum atomic E-state index is -0.00735. The predicted octanol–water partition coefficient (Wildman–Crippen LogP) is 11.8. The molecule has 53 heavy (non-hydrogen) atoms. The van der Waals surface area contributed by atoms with Crippen LogP contribution in [0.25, 0.3) is 32.0 Å². The molecule has 11 rings (SSSR count). The van der Waals surface area contributed by atoms with Crippen molar-refractivity contribution in [2.75, 3.05) is 9.80 Å². The third-order valence-electron chi connectivity index (χ3n) is 13.9. The average Bonchev–Trinajstić information content (AvgIpc) is 3.76. The predicted molar refractivity (Wildman–Crippen MR) is 229 cm³/mol. The first kappa shape index (κ1) is 32.0. The van der Waals surface area contributed by atoms with Gasteiger partial charge in [0.2, 0.25) is 0 Å². The molecule has 0 saturated heterocycles. The molecule has 264 valence electrons. The number of hydrogen-bond acceptors (Lipinski definition) is 4. The molecule has 1 fully saturated rings. The van der Waals surface area contributed by atoms with E-state index in [-0.39, 0.29) is 28.5 Å². The molecule has 1 aliphatic carbocycles. The molecule has 7 aromatic rings. The fraction of sp³-hybridized carbons (Fsp3) is 0.333. The number of nitrogens with zero attached hydrogens (tertiary/aromatic N) is 2. The Kier molecular flexibility index (Phi) is 6.15. The highest BCUT2D eigenvalue weighted by molar-refractivity contribution is 7.33. The van der Waals surface area contributed by atoms with Gasteiger partial charge in [-0.25, -0.2) is 0 Å². The van der Waals surface area contributed by atoms with Crippen LogP contribution in [0.5, 0.6) is 0 Å². The maximum atomic E-state index is 6.55. The lowest BCUT2D eigenvalue weighted by Gasteiger charge is -2.52. The zero-order valence-electron chi connectivity index (χ0n) is 32.3. The second-order valence-corrected chi connectivity index (χ2v) is 19.9. The molecule has 5 aromatic carbocycles. The van der Waals surface area contributed by atoms with Gasteiger partial charge in [-0.2, -0.15) is 0 Å². The number of anilines is 5. The number of rotatable bonds is 1. The minimum Gasteiger partial charge on any atom is -0.456 e. The lowest BCUT2D eigenvalue weighted by atomic mass is 9.36. The normalized spacial score (nSPS) is 21.7. The Labute approximate surface area is 317 Å². The molecule has 4 aliphatic rings. The van der Waals surface area contributed by atoms with Gasteiger partial charge >= 0.3 is 0 Å². The van der Waals surface area contributed by atoms with E-state index < -0.39 is 0 Å². The molecule has 2 atom stereocenters. The van der Waals surface area contributed by atoms with E-state index in [4.69, 9.17) is 4.42 Å². The van der Waals surface area contributed by atoms with E-state index in [1.165, 1.54) is 96.4 Å². The summed E-state index contributed by atoms with van der Waals surface area (Å²) in [4.78, 5) is 5.48. The van der Waals surface area contributed by atoms with Crippen LogP contribution in [0.1, 0.15) is 97.8 Å². The van der Waals surface area contributed by atoms with Crippen LogP contribution in [0, 0.1) is 0 Å². The van der Waals surface area contributed by atoms with Crippen LogP contribution < -0.4 is 25.5 Å². The third kappa shape index (κ3) is 3.97. The second-order valence-electron chi connectivity index (χ2n) is 18.9. The lowest BCUT2D eigenvalue weighted by molar-refractivity contribution is 0.195. The molecule has 1 saturated carbocycles. The van der Waals surface area contributed by atoms with E-state index in [1.54, 1.807) is 5.56 Å². The molecule has 0 N–H and O–H groups in total. The van der Waals surface area contributed by atoms with Crippen LogP contribution in [-0.4, -0.2) is 12.3 Å². The molecular formula is C48H47BN2OS. The standard InChI is InChI=1S/C48H47BN2OS/c1-45(2,3)28-21-22-39-31(25-28)42-44(53-39)49-33-27-29(46(4,5)6)26-32-43(33)51(48(8)24-12-11-23-47(32,48)7)36-18-13-17-35(41(36)49)50(42)34-16-14-20-38-40(34)30-15-9-10-19-37(30)52-38/h9-10,13-22,25-27H,11-12,23-24H2,1-8H3. The monoisotopic (exact) mass is 710 g/mol. The Bertz CT molecular complexity index is 2720. The number of fused-ring (bicyclic) bond motifs is 12. The summed E-state index contributed by atoms with van der Waals surface area (Å²) in [5.74, 6) is 0. The summed E-state index contributed by atoms with van der Waals surface area (Å²) < 4.78 is 9.36. The van der Waals surface area contributed by atoms with Gasteiger partial charge in [0.15, 0.2) is 0 Å². The van der Waals surface area contributed by atoms with Crippen molar-refractivity contribution in [1.29, 1.82) is 0 Å². The Morgan fingerprint density at radius 2 is 1.40 bits per heavy atom. The van der Waals surface area contributed by atoms with Crippen molar-refractivity contribution in [2.45, 2.75) is 103 Å². The number of furan rings is 1. The molecule has 0 spiro atoms. The van der Waals surface area contributed by atoms with Gasteiger partial charge in [-0.05, 0) is 101 Å². The minimum absolute atomic E-state index is 0.00735. The molecule has 5 heteroatoms. The van der Waals surface area contributed by atoms with Gasteiger partial charge in [-0.1, -0.05) is 110 Å². The van der Waals surface area contributed by atoms with Crippen LogP contribution in [-0.2, 0) is 16.2 Å². The van der Waals surface area contributed by atoms with Crippen LogP contribution in [0.4, 0.5) is 28.4 Å². The van der Waals surface area contributed by atoms with Crippen molar-refractivity contribution < 1.29 is 4.42 Å². The van der Waals surface area contributed by atoms with Crippen molar-refractivity contribution in [1.82, 2.24) is 0 Å². The summed E-state index contributed by atoms with van der Waals surface area (Å²) in [5, 5.41) is 3.69. The topological polar surface area (TPSA) is 19.6 Å². The fourth-order valence-electron chi connectivity index (χ4n) is 10.9. The Morgan fingerprint density at radius 1 is 0.679 bits per heavy atom. The highest BCUT2D eigenvalue weighted by atomic mass is 32.1. The maximum Gasteiger partial charge on any atom is 0.264 e. The number of thiophene rings is 1. The van der Waals surface area contributed by atoms with E-state index in [9.17, 15) is 0 Å². The highest BCUT2D eigenvalue weighted by Gasteiger charge is 2.61. The van der Waals surface area contributed by atoms with Gasteiger partial charge in [0.05, 0.1) is 22.3 Å². The van der Waals surface area contributed by atoms with Crippen molar-refractivity contribution >= 4 is 94.2 Å². The molecular weight excluding hydrogens is 663 g/mol. The van der Waals surface area contributed by atoms with Crippen LogP contribution in [0.15, 0.2) is 95.4 Å². The van der Waals surface area contributed by atoms with Crippen molar-refractivity contribution in [3.8, 4) is 0 Å². The summed E-state index contributed by atoms with van der Waals surface area (Å²) in [6.07, 6.45) is 4.99. The van der Waals surface area contributed by atoms with Gasteiger partial charge in [0.25, 0.3) is 6.71 Å². The molecule has 2 unspecified atom stereocenters. The van der Waals surface area contributed by atoms with Crippen LogP contribution >= 0.6 is 11.3 Å². The highest BCUT2D eigenvalue weighted by Crippen LogP contribution is 2.62. The van der Waals surface area contributed by atoms with Gasteiger partial charge in [-0.3, -0.25) is 0 Å². The van der Waals surface area contributed by atoms with Gasteiger partial charge in [0, 0.05) is 42.7 Å². The van der Waals surface area contributed by atoms with Crippen LogP contribution in [0.3, 0.4) is 0 Å².